The van der Waals surface area contributed by atoms with E-state index in [2.05, 4.69) is 22.1 Å². The first-order chi connectivity index (χ1) is 13.0. The summed E-state index contributed by atoms with van der Waals surface area (Å²) in [5, 5.41) is 2.45. The molecule has 1 aromatic heterocycles. The van der Waals surface area contributed by atoms with E-state index in [0.717, 1.165) is 31.8 Å². The Kier molecular flexibility index (Phi) is 5.75. The van der Waals surface area contributed by atoms with Gasteiger partial charge in [0.05, 0.1) is 0 Å². The van der Waals surface area contributed by atoms with Crippen LogP contribution < -0.4 is 5.32 Å². The molecule has 6 nitrogen and oxygen atoms in total. The number of amides is 2. The highest BCUT2D eigenvalue weighted by Gasteiger charge is 2.22. The van der Waals surface area contributed by atoms with Gasteiger partial charge in [0.2, 0.25) is 0 Å². The van der Waals surface area contributed by atoms with Crippen molar-refractivity contribution in [2.24, 2.45) is 0 Å². The predicted molar refractivity (Wildman–Crippen MR) is 96.6 cm³/mol. The summed E-state index contributed by atoms with van der Waals surface area (Å²) in [6, 6.07) is 6.02. The Bertz CT molecular complexity index is 851. The summed E-state index contributed by atoms with van der Waals surface area (Å²) in [5.41, 5.74) is 0.497. The van der Waals surface area contributed by atoms with Crippen molar-refractivity contribution >= 4 is 17.5 Å². The molecule has 1 aliphatic rings. The first kappa shape index (κ1) is 18.9. The van der Waals surface area contributed by atoms with Crippen molar-refractivity contribution in [3.8, 4) is 0 Å². The van der Waals surface area contributed by atoms with E-state index in [9.17, 15) is 18.4 Å². The fourth-order valence-corrected chi connectivity index (χ4v) is 2.91. The van der Waals surface area contributed by atoms with Gasteiger partial charge in [0.25, 0.3) is 11.8 Å². The minimum absolute atomic E-state index is 0.0257. The van der Waals surface area contributed by atoms with Crippen LogP contribution in [0.25, 0.3) is 0 Å². The van der Waals surface area contributed by atoms with Crippen LogP contribution >= 0.6 is 0 Å². The van der Waals surface area contributed by atoms with Gasteiger partial charge in [0.1, 0.15) is 5.69 Å². The number of piperazine rings is 1. The molecular formula is C19H20F2N4O2. The van der Waals surface area contributed by atoms with Crippen LogP contribution in [-0.4, -0.2) is 59.3 Å². The average Bonchev–Trinajstić information content (AvgIpc) is 2.70. The zero-order valence-corrected chi connectivity index (χ0v) is 14.9. The number of carbonyl (C=O) groups is 2. The van der Waals surface area contributed by atoms with Gasteiger partial charge in [0, 0.05) is 49.7 Å². The van der Waals surface area contributed by atoms with Gasteiger partial charge in [-0.2, -0.15) is 0 Å². The van der Waals surface area contributed by atoms with Gasteiger partial charge in [-0.15, -0.1) is 0 Å². The van der Waals surface area contributed by atoms with Gasteiger partial charge < -0.3 is 15.1 Å². The van der Waals surface area contributed by atoms with E-state index >= 15 is 0 Å². The first-order valence-electron chi connectivity index (χ1n) is 8.72. The molecule has 0 saturated carbocycles. The van der Waals surface area contributed by atoms with Gasteiger partial charge in [-0.05, 0) is 30.8 Å². The Labute approximate surface area is 155 Å². The molecular weight excluding hydrogens is 354 g/mol. The van der Waals surface area contributed by atoms with Crippen molar-refractivity contribution in [3.05, 3.63) is 59.4 Å². The number of hydrogen-bond acceptors (Lipinski definition) is 4. The largest absolute Gasteiger partial charge is 0.336 e. The molecule has 8 heteroatoms. The third-order valence-corrected chi connectivity index (χ3v) is 4.52. The summed E-state index contributed by atoms with van der Waals surface area (Å²) in [5.74, 6) is -2.82. The monoisotopic (exact) mass is 374 g/mol. The lowest BCUT2D eigenvalue weighted by Gasteiger charge is -2.34. The molecule has 0 bridgehead atoms. The minimum atomic E-state index is -1.06. The number of carbonyl (C=O) groups excluding carboxylic acids is 2. The van der Waals surface area contributed by atoms with Crippen LogP contribution in [0.15, 0.2) is 36.5 Å². The van der Waals surface area contributed by atoms with E-state index < -0.39 is 17.5 Å². The van der Waals surface area contributed by atoms with Crippen LogP contribution in [0.5, 0.6) is 0 Å². The van der Waals surface area contributed by atoms with E-state index in [4.69, 9.17) is 0 Å². The summed E-state index contributed by atoms with van der Waals surface area (Å²) in [7, 11) is 0. The molecule has 1 aliphatic heterocycles. The highest BCUT2D eigenvalue weighted by Crippen LogP contribution is 2.15. The van der Waals surface area contributed by atoms with Crippen molar-refractivity contribution in [1.29, 1.82) is 0 Å². The molecule has 3 rings (SSSR count). The van der Waals surface area contributed by atoms with E-state index in [1.54, 1.807) is 11.0 Å². The maximum atomic E-state index is 13.3. The van der Waals surface area contributed by atoms with Gasteiger partial charge in [0.15, 0.2) is 11.6 Å². The molecule has 0 spiro atoms. The molecule has 2 aromatic rings. The summed E-state index contributed by atoms with van der Waals surface area (Å²) in [6.45, 7) is 5.92. The molecule has 1 fully saturated rings. The quantitative estimate of drug-likeness (QED) is 0.893. The van der Waals surface area contributed by atoms with Gasteiger partial charge in [-0.3, -0.25) is 14.6 Å². The number of rotatable bonds is 4. The number of halogens is 2. The minimum Gasteiger partial charge on any atom is -0.336 e. The number of aromatic nitrogens is 1. The molecule has 0 radical (unpaired) electrons. The Morgan fingerprint density at radius 2 is 1.81 bits per heavy atom. The molecule has 2 heterocycles. The maximum Gasteiger partial charge on any atom is 0.274 e. The Morgan fingerprint density at radius 1 is 1.07 bits per heavy atom. The average molecular weight is 374 g/mol. The van der Waals surface area contributed by atoms with E-state index in [1.807, 2.05) is 0 Å². The summed E-state index contributed by atoms with van der Waals surface area (Å²) < 4.78 is 26.2. The van der Waals surface area contributed by atoms with Crippen LogP contribution in [0.4, 0.5) is 14.5 Å². The topological polar surface area (TPSA) is 65.5 Å². The molecule has 0 aliphatic carbocycles. The van der Waals surface area contributed by atoms with Crippen LogP contribution in [0.1, 0.15) is 27.8 Å². The second-order valence-electron chi connectivity index (χ2n) is 6.24. The zero-order valence-electron chi connectivity index (χ0n) is 14.9. The number of nitrogens with one attached hydrogen (secondary N) is 1. The van der Waals surface area contributed by atoms with Crippen molar-refractivity contribution in [2.45, 2.75) is 6.92 Å². The lowest BCUT2D eigenvalue weighted by Crippen LogP contribution is -2.48. The molecule has 0 atom stereocenters. The lowest BCUT2D eigenvalue weighted by molar-refractivity contribution is 0.0643. The van der Waals surface area contributed by atoms with Gasteiger partial charge in [-0.1, -0.05) is 6.92 Å². The number of nitrogens with zero attached hydrogens (tertiary/aromatic N) is 3. The SMILES string of the molecule is CCN1CCN(C(=O)c2ccnc(C(=O)Nc3ccc(F)c(F)c3)c2)CC1. The molecule has 27 heavy (non-hydrogen) atoms. The summed E-state index contributed by atoms with van der Waals surface area (Å²) in [6.07, 6.45) is 1.38. The lowest BCUT2D eigenvalue weighted by atomic mass is 10.1. The Morgan fingerprint density at radius 3 is 2.48 bits per heavy atom. The Balaban J connectivity index is 1.70. The number of benzene rings is 1. The number of pyridine rings is 1. The zero-order chi connectivity index (χ0) is 19.4. The highest BCUT2D eigenvalue weighted by atomic mass is 19.2. The van der Waals surface area contributed by atoms with E-state index in [1.165, 1.54) is 18.3 Å². The van der Waals surface area contributed by atoms with Gasteiger partial charge in [-0.25, -0.2) is 8.78 Å². The molecule has 142 valence electrons. The van der Waals surface area contributed by atoms with Crippen molar-refractivity contribution in [3.63, 3.8) is 0 Å². The Hall–Kier alpha value is -2.87. The second kappa shape index (κ2) is 8.22. The third kappa shape index (κ3) is 4.46. The normalized spacial score (nSPS) is 14.9. The van der Waals surface area contributed by atoms with Crippen molar-refractivity contribution < 1.29 is 18.4 Å². The third-order valence-electron chi connectivity index (χ3n) is 4.52. The predicted octanol–water partition coefficient (Wildman–Crippen LogP) is 2.39. The second-order valence-corrected chi connectivity index (χ2v) is 6.24. The number of anilines is 1. The fraction of sp³-hybridized carbons (Fsp3) is 0.316. The van der Waals surface area contributed by atoms with Crippen molar-refractivity contribution in [2.75, 3.05) is 38.0 Å². The molecule has 1 N–H and O–H groups in total. The standard InChI is InChI=1S/C19H20F2N4O2/c1-2-24-7-9-25(10-8-24)19(27)13-5-6-22-17(11-13)18(26)23-14-3-4-15(20)16(21)12-14/h3-6,11-12H,2,7-10H2,1H3,(H,23,26). The summed E-state index contributed by atoms with van der Waals surface area (Å²) in [4.78, 5) is 33.0. The number of hydrogen-bond donors (Lipinski definition) is 1. The van der Waals surface area contributed by atoms with Gasteiger partial charge >= 0.3 is 0 Å². The van der Waals surface area contributed by atoms with Crippen LogP contribution in [-0.2, 0) is 0 Å². The van der Waals surface area contributed by atoms with Crippen LogP contribution in [0.2, 0.25) is 0 Å². The first-order valence-corrected chi connectivity index (χ1v) is 8.72. The van der Waals surface area contributed by atoms with Crippen molar-refractivity contribution in [1.82, 2.24) is 14.8 Å². The van der Waals surface area contributed by atoms with E-state index in [-0.39, 0.29) is 17.3 Å². The van der Waals surface area contributed by atoms with Crippen LogP contribution in [0, 0.1) is 11.6 Å². The van der Waals surface area contributed by atoms with E-state index in [0.29, 0.717) is 18.7 Å². The number of likely N-dealkylation sites (N-methyl/N-ethyl adjacent to an activating group) is 1. The highest BCUT2D eigenvalue weighted by molar-refractivity contribution is 6.04. The summed E-state index contributed by atoms with van der Waals surface area (Å²) >= 11 is 0. The molecule has 1 saturated heterocycles. The molecule has 1 aromatic carbocycles. The maximum absolute atomic E-state index is 13.3. The fourth-order valence-electron chi connectivity index (χ4n) is 2.91. The molecule has 2 amide bonds. The van der Waals surface area contributed by atoms with Crippen LogP contribution in [0.3, 0.4) is 0 Å². The molecule has 0 unspecified atom stereocenters. The smallest absolute Gasteiger partial charge is 0.274 e.